The maximum atomic E-state index is 12.2. The second kappa shape index (κ2) is 7.66. The number of nitrogens with one attached hydrogen (secondary N) is 2. The predicted molar refractivity (Wildman–Crippen MR) is 88.6 cm³/mol. The van der Waals surface area contributed by atoms with Gasteiger partial charge in [-0.1, -0.05) is 32.6 Å². The Labute approximate surface area is 134 Å². The van der Waals surface area contributed by atoms with Crippen LogP contribution in [0.2, 0.25) is 0 Å². The predicted octanol–water partition coefficient (Wildman–Crippen LogP) is 2.61. The molecule has 2 rings (SSSR count). The molecule has 0 aromatic heterocycles. The van der Waals surface area contributed by atoms with Crippen LogP contribution in [0.15, 0.2) is 0 Å². The highest BCUT2D eigenvalue weighted by atomic mass is 32.2. The third-order valence-electron chi connectivity index (χ3n) is 5.32. The van der Waals surface area contributed by atoms with E-state index in [1.807, 2.05) is 0 Å². The van der Waals surface area contributed by atoms with Crippen molar-refractivity contribution in [3.8, 4) is 0 Å². The van der Waals surface area contributed by atoms with Crippen LogP contribution in [0.4, 0.5) is 4.79 Å². The van der Waals surface area contributed by atoms with Gasteiger partial charge in [-0.25, -0.2) is 13.2 Å². The molecule has 0 saturated heterocycles. The summed E-state index contributed by atoms with van der Waals surface area (Å²) in [4.78, 5) is 12.2. The van der Waals surface area contributed by atoms with Crippen LogP contribution in [0, 0.1) is 5.92 Å². The average Bonchev–Trinajstić information content (AvgIpc) is 2.47. The van der Waals surface area contributed by atoms with E-state index in [2.05, 4.69) is 17.6 Å². The molecule has 0 aliphatic heterocycles. The van der Waals surface area contributed by atoms with Gasteiger partial charge in [0.15, 0.2) is 0 Å². The van der Waals surface area contributed by atoms with Crippen LogP contribution in [0.3, 0.4) is 0 Å². The molecule has 2 amide bonds. The fraction of sp³-hybridized carbons (Fsp3) is 0.938. The third kappa shape index (κ3) is 4.86. The van der Waals surface area contributed by atoms with E-state index in [0.29, 0.717) is 12.3 Å². The lowest BCUT2D eigenvalue weighted by Gasteiger charge is -2.33. The lowest BCUT2D eigenvalue weighted by molar-refractivity contribution is 0.209. The first kappa shape index (κ1) is 17.6. The van der Waals surface area contributed by atoms with E-state index in [9.17, 15) is 13.2 Å². The average molecular weight is 330 g/mol. The zero-order valence-electron chi connectivity index (χ0n) is 13.8. The lowest BCUT2D eigenvalue weighted by Crippen LogP contribution is -2.51. The molecule has 4 atom stereocenters. The van der Waals surface area contributed by atoms with Crippen molar-refractivity contribution in [1.82, 2.24) is 10.6 Å². The molecule has 2 aliphatic rings. The molecule has 0 spiro atoms. The van der Waals surface area contributed by atoms with Crippen molar-refractivity contribution in [2.75, 3.05) is 6.26 Å². The fourth-order valence-corrected chi connectivity index (χ4v) is 5.12. The molecule has 2 saturated carbocycles. The summed E-state index contributed by atoms with van der Waals surface area (Å²) in [6.45, 7) is 2.18. The monoisotopic (exact) mass is 330 g/mol. The first-order chi connectivity index (χ1) is 10.4. The molecular formula is C16H30N2O3S. The Morgan fingerprint density at radius 2 is 1.77 bits per heavy atom. The topological polar surface area (TPSA) is 75.3 Å². The minimum atomic E-state index is -3.01. The summed E-state index contributed by atoms with van der Waals surface area (Å²) < 4.78 is 23.4. The van der Waals surface area contributed by atoms with Crippen LogP contribution in [0.1, 0.15) is 64.7 Å². The van der Waals surface area contributed by atoms with Gasteiger partial charge in [0, 0.05) is 18.3 Å². The Bertz CT molecular complexity index is 478. The first-order valence-electron chi connectivity index (χ1n) is 8.66. The SMILES string of the molecule is CC[C@@H]1CCCC[C@@H]1NC(=O)N[C@@H]1CCC[C@@H](S(C)(=O)=O)C1. The maximum Gasteiger partial charge on any atom is 0.315 e. The van der Waals surface area contributed by atoms with Gasteiger partial charge in [0.1, 0.15) is 9.84 Å². The highest BCUT2D eigenvalue weighted by Gasteiger charge is 2.30. The molecule has 2 N–H and O–H groups in total. The van der Waals surface area contributed by atoms with E-state index < -0.39 is 9.84 Å². The van der Waals surface area contributed by atoms with Gasteiger partial charge in [0.05, 0.1) is 5.25 Å². The van der Waals surface area contributed by atoms with Crippen LogP contribution >= 0.6 is 0 Å². The number of amides is 2. The fourth-order valence-electron chi connectivity index (χ4n) is 3.95. The molecule has 0 unspecified atom stereocenters. The molecule has 0 heterocycles. The number of hydrogen-bond donors (Lipinski definition) is 2. The lowest BCUT2D eigenvalue weighted by atomic mass is 9.83. The minimum absolute atomic E-state index is 0.0165. The summed E-state index contributed by atoms with van der Waals surface area (Å²) >= 11 is 0. The highest BCUT2D eigenvalue weighted by molar-refractivity contribution is 7.91. The van der Waals surface area contributed by atoms with Crippen molar-refractivity contribution < 1.29 is 13.2 Å². The van der Waals surface area contributed by atoms with Crippen LogP contribution in [-0.4, -0.2) is 38.0 Å². The Morgan fingerprint density at radius 3 is 2.45 bits per heavy atom. The van der Waals surface area contributed by atoms with Crippen molar-refractivity contribution in [3.63, 3.8) is 0 Å². The largest absolute Gasteiger partial charge is 0.335 e. The Kier molecular flexibility index (Phi) is 6.12. The molecule has 0 aromatic rings. The number of sulfone groups is 1. The van der Waals surface area contributed by atoms with Gasteiger partial charge in [-0.2, -0.15) is 0 Å². The highest BCUT2D eigenvalue weighted by Crippen LogP contribution is 2.27. The zero-order chi connectivity index (χ0) is 16.2. The Morgan fingerprint density at radius 1 is 1.05 bits per heavy atom. The van der Waals surface area contributed by atoms with Crippen molar-refractivity contribution >= 4 is 15.9 Å². The van der Waals surface area contributed by atoms with E-state index >= 15 is 0 Å². The molecule has 0 aromatic carbocycles. The van der Waals surface area contributed by atoms with Gasteiger partial charge < -0.3 is 10.6 Å². The standard InChI is InChI=1S/C16H30N2O3S/c1-3-12-7-4-5-10-15(12)18-16(19)17-13-8-6-9-14(11-13)22(2,20)21/h12-15H,3-11H2,1-2H3,(H2,17,18,19)/t12-,13-,14-,15+/m1/s1. The normalized spacial score (nSPS) is 33.2. The molecular weight excluding hydrogens is 300 g/mol. The van der Waals surface area contributed by atoms with Crippen LogP contribution < -0.4 is 10.6 Å². The summed E-state index contributed by atoms with van der Waals surface area (Å²) in [5.74, 6) is 0.578. The van der Waals surface area contributed by atoms with E-state index in [1.54, 1.807) is 0 Å². The summed E-state index contributed by atoms with van der Waals surface area (Å²) in [6, 6.07) is 0.134. The quantitative estimate of drug-likeness (QED) is 0.832. The number of carbonyl (C=O) groups excluding carboxylic acids is 1. The molecule has 128 valence electrons. The molecule has 2 fully saturated rings. The molecule has 6 heteroatoms. The van der Waals surface area contributed by atoms with Crippen molar-refractivity contribution in [2.24, 2.45) is 5.92 Å². The number of hydrogen-bond acceptors (Lipinski definition) is 3. The third-order valence-corrected chi connectivity index (χ3v) is 6.96. The van der Waals surface area contributed by atoms with Gasteiger partial charge in [0.25, 0.3) is 0 Å². The molecule has 0 bridgehead atoms. The van der Waals surface area contributed by atoms with Gasteiger partial charge in [0.2, 0.25) is 0 Å². The smallest absolute Gasteiger partial charge is 0.315 e. The second-order valence-electron chi connectivity index (χ2n) is 6.99. The number of rotatable bonds is 4. The van der Waals surface area contributed by atoms with Crippen molar-refractivity contribution in [2.45, 2.75) is 82.0 Å². The molecule has 5 nitrogen and oxygen atoms in total. The minimum Gasteiger partial charge on any atom is -0.335 e. The maximum absolute atomic E-state index is 12.2. The van der Waals surface area contributed by atoms with Crippen LogP contribution in [-0.2, 0) is 9.84 Å². The van der Waals surface area contributed by atoms with Crippen LogP contribution in [0.5, 0.6) is 0 Å². The summed E-state index contributed by atoms with van der Waals surface area (Å²) in [5, 5.41) is 5.82. The van der Waals surface area contributed by atoms with E-state index in [-0.39, 0.29) is 23.4 Å². The van der Waals surface area contributed by atoms with Crippen molar-refractivity contribution in [1.29, 1.82) is 0 Å². The van der Waals surface area contributed by atoms with E-state index in [0.717, 1.165) is 32.1 Å². The Balaban J connectivity index is 1.83. The summed E-state index contributed by atoms with van der Waals surface area (Å²) in [6.07, 6.45) is 10.1. The second-order valence-corrected chi connectivity index (χ2v) is 9.32. The van der Waals surface area contributed by atoms with Gasteiger partial charge in [-0.3, -0.25) is 0 Å². The molecule has 2 aliphatic carbocycles. The van der Waals surface area contributed by atoms with E-state index in [1.165, 1.54) is 25.5 Å². The molecule has 22 heavy (non-hydrogen) atoms. The van der Waals surface area contributed by atoms with Crippen molar-refractivity contribution in [3.05, 3.63) is 0 Å². The number of carbonyl (C=O) groups is 1. The molecule has 0 radical (unpaired) electrons. The summed E-state index contributed by atoms with van der Waals surface area (Å²) in [5.41, 5.74) is 0. The van der Waals surface area contributed by atoms with Crippen LogP contribution in [0.25, 0.3) is 0 Å². The summed E-state index contributed by atoms with van der Waals surface area (Å²) in [7, 11) is -3.01. The first-order valence-corrected chi connectivity index (χ1v) is 10.6. The van der Waals surface area contributed by atoms with E-state index in [4.69, 9.17) is 0 Å². The van der Waals surface area contributed by atoms with Gasteiger partial charge in [-0.05, 0) is 38.0 Å². The number of urea groups is 1. The Hall–Kier alpha value is -0.780. The van der Waals surface area contributed by atoms with Gasteiger partial charge >= 0.3 is 6.03 Å². The van der Waals surface area contributed by atoms with Gasteiger partial charge in [-0.15, -0.1) is 0 Å². The zero-order valence-corrected chi connectivity index (χ0v) is 14.6.